The third-order valence-electron chi connectivity index (χ3n) is 1.84. The molecule has 0 aliphatic rings. The Morgan fingerprint density at radius 1 is 1.67 bits per heavy atom. The van der Waals surface area contributed by atoms with E-state index in [1.165, 1.54) is 4.90 Å². The van der Waals surface area contributed by atoms with Crippen LogP contribution in [0, 0.1) is 12.3 Å². The largest absolute Gasteiger partial charge is 0.331 e. The highest BCUT2D eigenvalue weighted by atomic mass is 79.9. The zero-order valence-electron chi connectivity index (χ0n) is 8.13. The molecule has 0 aromatic heterocycles. The predicted octanol–water partition coefficient (Wildman–Crippen LogP) is 2.81. The number of benzene rings is 1. The van der Waals surface area contributed by atoms with E-state index >= 15 is 0 Å². The summed E-state index contributed by atoms with van der Waals surface area (Å²) in [6.07, 6.45) is 5.13. The van der Waals surface area contributed by atoms with Gasteiger partial charge in [0.1, 0.15) is 0 Å². The Morgan fingerprint density at radius 2 is 2.33 bits per heavy atom. The van der Waals surface area contributed by atoms with E-state index in [-0.39, 0.29) is 5.91 Å². The molecule has 0 aliphatic carbocycles. The van der Waals surface area contributed by atoms with Gasteiger partial charge in [0.2, 0.25) is 0 Å². The minimum atomic E-state index is -0.120. The number of carbonyl (C=O) groups is 1. The molecule has 0 aliphatic heterocycles. The number of terminal acetylenes is 1. The summed E-state index contributed by atoms with van der Waals surface area (Å²) in [4.78, 5) is 13.2. The Hall–Kier alpha value is -0.980. The molecule has 0 fully saturated rings. The molecule has 78 valence electrons. The van der Waals surface area contributed by atoms with Crippen molar-refractivity contribution in [3.63, 3.8) is 0 Å². The zero-order chi connectivity index (χ0) is 11.4. The molecule has 0 saturated heterocycles. The van der Waals surface area contributed by atoms with Gasteiger partial charge in [0.15, 0.2) is 0 Å². The van der Waals surface area contributed by atoms with Crippen LogP contribution in [0.15, 0.2) is 22.7 Å². The first-order valence-electron chi connectivity index (χ1n) is 4.20. The number of hydrogen-bond donors (Lipinski definition) is 0. The van der Waals surface area contributed by atoms with Gasteiger partial charge in [-0.1, -0.05) is 17.5 Å². The molecule has 0 radical (unpaired) electrons. The SMILES string of the molecule is C#CCN(C)C(=O)c1ccc(Cl)c(Br)c1. The summed E-state index contributed by atoms with van der Waals surface area (Å²) in [6.45, 7) is 0.291. The van der Waals surface area contributed by atoms with E-state index in [1.807, 2.05) is 0 Å². The quantitative estimate of drug-likeness (QED) is 0.766. The number of rotatable bonds is 2. The molecular formula is C11H9BrClNO. The highest BCUT2D eigenvalue weighted by molar-refractivity contribution is 9.10. The molecule has 0 unspecified atom stereocenters. The molecule has 1 aromatic carbocycles. The zero-order valence-corrected chi connectivity index (χ0v) is 10.5. The average Bonchev–Trinajstić information content (AvgIpc) is 2.21. The highest BCUT2D eigenvalue weighted by Crippen LogP contribution is 2.23. The fourth-order valence-corrected chi connectivity index (χ4v) is 1.55. The van der Waals surface area contributed by atoms with Gasteiger partial charge >= 0.3 is 0 Å². The van der Waals surface area contributed by atoms with Gasteiger partial charge in [-0.2, -0.15) is 0 Å². The van der Waals surface area contributed by atoms with Crippen LogP contribution in [0.25, 0.3) is 0 Å². The number of nitrogens with zero attached hydrogens (tertiary/aromatic N) is 1. The second-order valence-electron chi connectivity index (χ2n) is 2.99. The first-order chi connectivity index (χ1) is 7.06. The monoisotopic (exact) mass is 285 g/mol. The molecule has 15 heavy (non-hydrogen) atoms. The number of amides is 1. The second kappa shape index (κ2) is 5.20. The Morgan fingerprint density at radius 3 is 2.87 bits per heavy atom. The van der Waals surface area contributed by atoms with Crippen molar-refractivity contribution in [3.8, 4) is 12.3 Å². The summed E-state index contributed by atoms with van der Waals surface area (Å²) >= 11 is 9.08. The first kappa shape index (κ1) is 12.1. The molecule has 0 atom stereocenters. The lowest BCUT2D eigenvalue weighted by Crippen LogP contribution is -2.26. The van der Waals surface area contributed by atoms with Gasteiger partial charge in [0.05, 0.1) is 11.6 Å². The molecule has 4 heteroatoms. The van der Waals surface area contributed by atoms with Crippen molar-refractivity contribution < 1.29 is 4.79 Å². The molecular weight excluding hydrogens is 277 g/mol. The summed E-state index contributed by atoms with van der Waals surface area (Å²) in [7, 11) is 1.66. The normalized spacial score (nSPS) is 9.47. The van der Waals surface area contributed by atoms with E-state index in [0.29, 0.717) is 21.6 Å². The highest BCUT2D eigenvalue weighted by Gasteiger charge is 2.11. The smallest absolute Gasteiger partial charge is 0.254 e. The van der Waals surface area contributed by atoms with Gasteiger partial charge in [-0.3, -0.25) is 4.79 Å². The van der Waals surface area contributed by atoms with Crippen LogP contribution in [0.2, 0.25) is 5.02 Å². The minimum absolute atomic E-state index is 0.120. The van der Waals surface area contributed by atoms with Crippen LogP contribution in [-0.4, -0.2) is 24.4 Å². The minimum Gasteiger partial charge on any atom is -0.331 e. The molecule has 0 heterocycles. The van der Waals surface area contributed by atoms with Crippen molar-refractivity contribution >= 4 is 33.4 Å². The summed E-state index contributed by atoms with van der Waals surface area (Å²) in [6, 6.07) is 5.02. The molecule has 1 amide bonds. The molecule has 0 bridgehead atoms. The maximum atomic E-state index is 11.8. The Balaban J connectivity index is 2.93. The van der Waals surface area contributed by atoms with Crippen molar-refractivity contribution in [3.05, 3.63) is 33.3 Å². The maximum absolute atomic E-state index is 11.8. The average molecular weight is 287 g/mol. The van der Waals surface area contributed by atoms with Crippen LogP contribution in [0.1, 0.15) is 10.4 Å². The maximum Gasteiger partial charge on any atom is 0.254 e. The standard InChI is InChI=1S/C11H9BrClNO/c1-3-6-14(2)11(15)8-4-5-10(13)9(12)7-8/h1,4-5,7H,6H2,2H3. The number of hydrogen-bond acceptors (Lipinski definition) is 1. The van der Waals surface area contributed by atoms with E-state index in [4.69, 9.17) is 18.0 Å². The van der Waals surface area contributed by atoms with Crippen LogP contribution in [0.4, 0.5) is 0 Å². The Kier molecular flexibility index (Phi) is 4.19. The molecule has 0 saturated carbocycles. The van der Waals surface area contributed by atoms with Crippen LogP contribution >= 0.6 is 27.5 Å². The van der Waals surface area contributed by atoms with E-state index < -0.39 is 0 Å². The summed E-state index contributed by atoms with van der Waals surface area (Å²) in [5, 5.41) is 0.575. The molecule has 1 rings (SSSR count). The molecule has 0 spiro atoms. The third-order valence-corrected chi connectivity index (χ3v) is 3.06. The Bertz CT molecular complexity index is 425. The van der Waals surface area contributed by atoms with Gasteiger partial charge in [-0.25, -0.2) is 0 Å². The number of carbonyl (C=O) groups excluding carboxylic acids is 1. The van der Waals surface area contributed by atoms with E-state index in [9.17, 15) is 4.79 Å². The van der Waals surface area contributed by atoms with Crippen molar-refractivity contribution in [2.24, 2.45) is 0 Å². The van der Waals surface area contributed by atoms with Crippen LogP contribution < -0.4 is 0 Å². The fraction of sp³-hybridized carbons (Fsp3) is 0.182. The summed E-state index contributed by atoms with van der Waals surface area (Å²) in [5.74, 6) is 2.29. The van der Waals surface area contributed by atoms with Crippen LogP contribution in [0.3, 0.4) is 0 Å². The summed E-state index contributed by atoms with van der Waals surface area (Å²) in [5.41, 5.74) is 0.559. The predicted molar refractivity (Wildman–Crippen MR) is 64.9 cm³/mol. The van der Waals surface area contributed by atoms with E-state index in [1.54, 1.807) is 25.2 Å². The van der Waals surface area contributed by atoms with Gasteiger partial charge in [-0.15, -0.1) is 6.42 Å². The van der Waals surface area contributed by atoms with E-state index in [0.717, 1.165) is 0 Å². The molecule has 0 N–H and O–H groups in total. The van der Waals surface area contributed by atoms with Crippen molar-refractivity contribution in [1.82, 2.24) is 4.90 Å². The lowest BCUT2D eigenvalue weighted by molar-refractivity contribution is 0.0812. The molecule has 2 nitrogen and oxygen atoms in total. The number of halogens is 2. The second-order valence-corrected chi connectivity index (χ2v) is 4.26. The van der Waals surface area contributed by atoms with E-state index in [2.05, 4.69) is 21.9 Å². The Labute approximate surface area is 102 Å². The first-order valence-corrected chi connectivity index (χ1v) is 5.37. The third kappa shape index (κ3) is 2.98. The van der Waals surface area contributed by atoms with Gasteiger partial charge < -0.3 is 4.90 Å². The fourth-order valence-electron chi connectivity index (χ4n) is 1.06. The lowest BCUT2D eigenvalue weighted by Gasteiger charge is -2.13. The van der Waals surface area contributed by atoms with Gasteiger partial charge in [0, 0.05) is 17.1 Å². The van der Waals surface area contributed by atoms with Crippen molar-refractivity contribution in [2.45, 2.75) is 0 Å². The van der Waals surface area contributed by atoms with Crippen LogP contribution in [0.5, 0.6) is 0 Å². The van der Waals surface area contributed by atoms with Gasteiger partial charge in [-0.05, 0) is 34.1 Å². The topological polar surface area (TPSA) is 20.3 Å². The lowest BCUT2D eigenvalue weighted by atomic mass is 10.2. The van der Waals surface area contributed by atoms with Gasteiger partial charge in [0.25, 0.3) is 5.91 Å². The van der Waals surface area contributed by atoms with Crippen molar-refractivity contribution in [1.29, 1.82) is 0 Å². The van der Waals surface area contributed by atoms with Crippen molar-refractivity contribution in [2.75, 3.05) is 13.6 Å². The summed E-state index contributed by atoms with van der Waals surface area (Å²) < 4.78 is 0.698. The molecule has 1 aromatic rings. The van der Waals surface area contributed by atoms with Crippen LogP contribution in [-0.2, 0) is 0 Å².